The third-order valence-electron chi connectivity index (χ3n) is 3.43. The van der Waals surface area contributed by atoms with E-state index in [-0.39, 0.29) is 12.6 Å². The van der Waals surface area contributed by atoms with Crippen molar-refractivity contribution in [2.75, 3.05) is 5.32 Å². The quantitative estimate of drug-likeness (QED) is 0.771. The molecule has 0 fully saturated rings. The molecule has 7 nitrogen and oxygen atoms in total. The average molecular weight is 328 g/mol. The number of benzene rings is 1. The molecule has 0 radical (unpaired) electrons. The van der Waals surface area contributed by atoms with Crippen molar-refractivity contribution in [1.29, 1.82) is 0 Å². The molecule has 0 unspecified atom stereocenters. The van der Waals surface area contributed by atoms with Gasteiger partial charge in [-0.3, -0.25) is 5.32 Å². The van der Waals surface area contributed by atoms with Crippen molar-refractivity contribution in [1.82, 2.24) is 25.5 Å². The first-order chi connectivity index (χ1) is 11.1. The van der Waals surface area contributed by atoms with Crippen LogP contribution in [0.15, 0.2) is 35.7 Å². The Morgan fingerprint density at radius 2 is 2.13 bits per heavy atom. The summed E-state index contributed by atoms with van der Waals surface area (Å²) in [5.41, 5.74) is 3.23. The van der Waals surface area contributed by atoms with Crippen molar-refractivity contribution >= 4 is 22.4 Å². The van der Waals surface area contributed by atoms with Gasteiger partial charge >= 0.3 is 6.03 Å². The number of anilines is 1. The summed E-state index contributed by atoms with van der Waals surface area (Å²) >= 11 is 1.46. The molecule has 118 valence electrons. The highest BCUT2D eigenvalue weighted by molar-refractivity contribution is 7.14. The van der Waals surface area contributed by atoms with Crippen LogP contribution in [0, 0.1) is 13.8 Å². The maximum Gasteiger partial charge on any atom is 0.320 e. The number of rotatable bonds is 4. The number of urea groups is 1. The molecule has 3 aromatic rings. The van der Waals surface area contributed by atoms with Crippen molar-refractivity contribution in [2.24, 2.45) is 0 Å². The first-order valence-electron chi connectivity index (χ1n) is 7.07. The highest BCUT2D eigenvalue weighted by atomic mass is 32.1. The summed E-state index contributed by atoms with van der Waals surface area (Å²) in [6.45, 7) is 4.32. The Labute approximate surface area is 137 Å². The first kappa shape index (κ1) is 15.2. The number of nitrogens with zero attached hydrogens (tertiary/aromatic N) is 4. The van der Waals surface area contributed by atoms with Gasteiger partial charge in [0.05, 0.1) is 17.2 Å². The van der Waals surface area contributed by atoms with Crippen molar-refractivity contribution in [3.63, 3.8) is 0 Å². The summed E-state index contributed by atoms with van der Waals surface area (Å²) in [5.74, 6) is 0.564. The molecule has 0 saturated carbocycles. The van der Waals surface area contributed by atoms with E-state index >= 15 is 0 Å². The molecule has 0 aliphatic heterocycles. The lowest BCUT2D eigenvalue weighted by atomic mass is 10.1. The summed E-state index contributed by atoms with van der Waals surface area (Å²) in [5, 5.41) is 19.9. The summed E-state index contributed by atoms with van der Waals surface area (Å²) < 4.78 is 1.62. The van der Waals surface area contributed by atoms with Gasteiger partial charge in [-0.1, -0.05) is 6.07 Å². The molecule has 2 aromatic heterocycles. The van der Waals surface area contributed by atoms with Gasteiger partial charge in [-0.05, 0) is 65.0 Å². The van der Waals surface area contributed by atoms with Crippen molar-refractivity contribution < 1.29 is 4.79 Å². The van der Waals surface area contributed by atoms with Gasteiger partial charge in [-0.25, -0.2) is 4.79 Å². The summed E-state index contributed by atoms with van der Waals surface area (Å²) in [6.07, 6.45) is 0. The Morgan fingerprint density at radius 1 is 1.26 bits per heavy atom. The van der Waals surface area contributed by atoms with E-state index in [2.05, 4.69) is 33.1 Å². The molecule has 8 heteroatoms. The van der Waals surface area contributed by atoms with E-state index in [1.54, 1.807) is 4.68 Å². The molecule has 2 N–H and O–H groups in total. The van der Waals surface area contributed by atoms with E-state index in [1.807, 2.05) is 42.6 Å². The summed E-state index contributed by atoms with van der Waals surface area (Å²) in [4.78, 5) is 11.9. The summed E-state index contributed by atoms with van der Waals surface area (Å²) in [7, 11) is 0. The number of hydrogen-bond donors (Lipinski definition) is 2. The molecule has 0 aliphatic rings. The zero-order valence-electron chi connectivity index (χ0n) is 12.8. The third kappa shape index (κ3) is 3.54. The van der Waals surface area contributed by atoms with Crippen LogP contribution in [0.3, 0.4) is 0 Å². The van der Waals surface area contributed by atoms with E-state index in [9.17, 15) is 4.79 Å². The molecular formula is C15H16N6OS. The van der Waals surface area contributed by atoms with Crippen LogP contribution < -0.4 is 10.6 Å². The van der Waals surface area contributed by atoms with E-state index < -0.39 is 0 Å². The van der Waals surface area contributed by atoms with Gasteiger partial charge < -0.3 is 5.32 Å². The number of amides is 2. The van der Waals surface area contributed by atoms with Crippen LogP contribution in [0.4, 0.5) is 9.80 Å². The molecule has 23 heavy (non-hydrogen) atoms. The second-order valence-corrected chi connectivity index (χ2v) is 6.01. The third-order valence-corrected chi connectivity index (χ3v) is 4.22. The molecule has 0 spiro atoms. The molecular weight excluding hydrogens is 312 g/mol. The number of tetrazole rings is 1. The van der Waals surface area contributed by atoms with E-state index in [1.165, 1.54) is 16.9 Å². The number of carbonyl (C=O) groups excluding carboxylic acids is 1. The monoisotopic (exact) mass is 328 g/mol. The Hall–Kier alpha value is -2.74. The van der Waals surface area contributed by atoms with Crippen molar-refractivity contribution in [3.8, 4) is 5.69 Å². The maximum absolute atomic E-state index is 11.9. The number of hydrogen-bond acceptors (Lipinski definition) is 5. The van der Waals surface area contributed by atoms with E-state index in [0.29, 0.717) is 5.82 Å². The fourth-order valence-electron chi connectivity index (χ4n) is 2.04. The average Bonchev–Trinajstić information content (AvgIpc) is 3.19. The fraction of sp³-hybridized carbons (Fsp3) is 0.200. The van der Waals surface area contributed by atoms with Gasteiger partial charge in [-0.2, -0.15) is 4.68 Å². The molecule has 3 rings (SSSR count). The number of carbonyl (C=O) groups is 1. The van der Waals surface area contributed by atoms with Gasteiger partial charge in [0.15, 0.2) is 5.82 Å². The summed E-state index contributed by atoms with van der Waals surface area (Å²) in [6, 6.07) is 9.41. The molecule has 0 saturated heterocycles. The van der Waals surface area contributed by atoms with Gasteiger partial charge in [0, 0.05) is 0 Å². The maximum atomic E-state index is 11.9. The molecule has 2 heterocycles. The van der Waals surface area contributed by atoms with Crippen molar-refractivity contribution in [3.05, 3.63) is 52.7 Å². The Bertz CT molecular complexity index is 811. The minimum atomic E-state index is -0.290. The van der Waals surface area contributed by atoms with E-state index in [0.717, 1.165) is 16.3 Å². The van der Waals surface area contributed by atoms with Gasteiger partial charge in [0.25, 0.3) is 0 Å². The Kier molecular flexibility index (Phi) is 4.33. The lowest BCUT2D eigenvalue weighted by Crippen LogP contribution is -2.29. The lowest BCUT2D eigenvalue weighted by Gasteiger charge is -2.08. The molecule has 2 amide bonds. The van der Waals surface area contributed by atoms with Crippen LogP contribution in [0.1, 0.15) is 17.0 Å². The van der Waals surface area contributed by atoms with Gasteiger partial charge in [-0.15, -0.1) is 16.4 Å². The number of aromatic nitrogens is 4. The molecule has 0 atom stereocenters. The van der Waals surface area contributed by atoms with Crippen LogP contribution in [0.25, 0.3) is 5.69 Å². The zero-order chi connectivity index (χ0) is 16.2. The first-order valence-corrected chi connectivity index (χ1v) is 7.94. The van der Waals surface area contributed by atoms with Crippen LogP contribution in [-0.4, -0.2) is 26.2 Å². The van der Waals surface area contributed by atoms with E-state index in [4.69, 9.17) is 0 Å². The van der Waals surface area contributed by atoms with Gasteiger partial charge in [0.2, 0.25) is 0 Å². The second kappa shape index (κ2) is 6.57. The number of nitrogens with one attached hydrogen (secondary N) is 2. The normalized spacial score (nSPS) is 10.5. The predicted octanol–water partition coefficient (Wildman–Crippen LogP) is 2.66. The smallest absolute Gasteiger partial charge is 0.320 e. The lowest BCUT2D eigenvalue weighted by molar-refractivity contribution is 0.251. The Morgan fingerprint density at radius 3 is 2.87 bits per heavy atom. The zero-order valence-corrected chi connectivity index (χ0v) is 13.6. The minimum Gasteiger partial charge on any atom is -0.330 e. The Balaban J connectivity index is 1.68. The number of aryl methyl sites for hydroxylation is 2. The molecule has 0 bridgehead atoms. The predicted molar refractivity (Wildman–Crippen MR) is 88.8 cm³/mol. The van der Waals surface area contributed by atoms with Crippen LogP contribution in [0.5, 0.6) is 0 Å². The second-order valence-electron chi connectivity index (χ2n) is 5.06. The number of thiophene rings is 1. The standard InChI is InChI=1S/C15H16N6OS/c1-10-5-6-12(8-11(10)2)21-13(18-19-20-21)9-16-15(22)17-14-4-3-7-23-14/h3-8H,9H2,1-2H3,(H2,16,17,22). The highest BCUT2D eigenvalue weighted by Crippen LogP contribution is 2.15. The largest absolute Gasteiger partial charge is 0.330 e. The van der Waals surface area contributed by atoms with Crippen LogP contribution in [0.2, 0.25) is 0 Å². The SMILES string of the molecule is Cc1ccc(-n2nnnc2CNC(=O)Nc2cccs2)cc1C. The van der Waals surface area contributed by atoms with Crippen LogP contribution in [-0.2, 0) is 6.54 Å². The molecule has 0 aliphatic carbocycles. The van der Waals surface area contributed by atoms with Gasteiger partial charge in [0.1, 0.15) is 0 Å². The minimum absolute atomic E-state index is 0.233. The highest BCUT2D eigenvalue weighted by Gasteiger charge is 2.10. The fourth-order valence-corrected chi connectivity index (χ4v) is 2.65. The van der Waals surface area contributed by atoms with Crippen molar-refractivity contribution in [2.45, 2.75) is 20.4 Å². The molecule has 1 aromatic carbocycles. The topological polar surface area (TPSA) is 84.7 Å². The van der Waals surface area contributed by atoms with Crippen LogP contribution >= 0.6 is 11.3 Å².